The maximum atomic E-state index is 13.4. The lowest BCUT2D eigenvalue weighted by molar-refractivity contribution is -0.144. The predicted molar refractivity (Wildman–Crippen MR) is 253 cm³/mol. The van der Waals surface area contributed by atoms with Crippen LogP contribution in [-0.2, 0) is 31.1 Å². The Kier molecular flexibility index (Phi) is 16.7. The topological polar surface area (TPSA) is 261 Å². The molecule has 360 valence electrons. The van der Waals surface area contributed by atoms with Crippen molar-refractivity contribution in [2.24, 2.45) is 4.99 Å². The molecule has 23 heteroatoms. The number of aromatic nitrogens is 4. The van der Waals surface area contributed by atoms with Crippen LogP contribution in [0.15, 0.2) is 121 Å². The fourth-order valence-corrected chi connectivity index (χ4v) is 7.78. The highest BCUT2D eigenvalue weighted by Crippen LogP contribution is 2.38. The van der Waals surface area contributed by atoms with Gasteiger partial charge in [-0.25, -0.2) is 14.4 Å². The number of benzene rings is 3. The number of carboxylic acid groups (broad SMARTS) is 1. The number of rotatable bonds is 17. The molecule has 0 radical (unpaired) electrons. The lowest BCUT2D eigenvalue weighted by Gasteiger charge is -2.38. The van der Waals surface area contributed by atoms with Crippen molar-refractivity contribution in [3.8, 4) is 5.75 Å². The molecule has 0 bridgehead atoms. The van der Waals surface area contributed by atoms with Gasteiger partial charge >= 0.3 is 23.4 Å². The molecule has 3 aromatic carbocycles. The zero-order valence-electron chi connectivity index (χ0n) is 36.9. The Morgan fingerprint density at radius 1 is 0.868 bits per heavy atom. The molecule has 1 aliphatic rings. The molecule has 2 aromatic heterocycles. The highest BCUT2D eigenvalue weighted by molar-refractivity contribution is 6.67. The number of carbonyl (C=O) groups is 3. The van der Waals surface area contributed by atoms with E-state index >= 15 is 0 Å². The predicted octanol–water partition coefficient (Wildman–Crippen LogP) is 2.91. The van der Waals surface area contributed by atoms with Crippen LogP contribution >= 0.6 is 34.8 Å². The number of H-pyrrole nitrogens is 2. The second-order valence-electron chi connectivity index (χ2n) is 15.6. The summed E-state index contributed by atoms with van der Waals surface area (Å²) in [7, 11) is 1.57. The van der Waals surface area contributed by atoms with Crippen LogP contribution in [-0.4, -0.2) is 109 Å². The molecule has 6 rings (SSSR count). The van der Waals surface area contributed by atoms with Gasteiger partial charge in [0.05, 0.1) is 31.3 Å². The summed E-state index contributed by atoms with van der Waals surface area (Å²) in [6, 6.07) is 26.2. The van der Waals surface area contributed by atoms with Crippen molar-refractivity contribution in [3.05, 3.63) is 167 Å². The Bertz CT molecular complexity index is 2810. The SMILES string of the molecule is COc1ccc(C(NC[C@H]2O[C@@H](n3cc(C)c(=O)[nH]c3=O)C[C@@H]2NC(=NCCN(CC(=O)O)C(=O)Cn2cc(C)c(=O)[nH]c2=O)NC(=O)OCC(Cl)(Cl)Cl)(c2ccccc2)c2ccccc2)cc1. The van der Waals surface area contributed by atoms with Crippen molar-refractivity contribution in [2.75, 3.05) is 39.9 Å². The quantitative estimate of drug-likeness (QED) is 0.0340. The average Bonchev–Trinajstić information content (AvgIpc) is 3.70. The molecule has 1 saturated heterocycles. The number of alkyl carbamates (subject to hydrolysis) is 1. The number of aliphatic carboxylic acids is 1. The molecule has 2 amide bonds. The first-order valence-electron chi connectivity index (χ1n) is 21.0. The third-order valence-electron chi connectivity index (χ3n) is 10.9. The van der Waals surface area contributed by atoms with Gasteiger partial charge in [-0.05, 0) is 42.7 Å². The van der Waals surface area contributed by atoms with Gasteiger partial charge in [-0.2, -0.15) is 0 Å². The van der Waals surface area contributed by atoms with Gasteiger partial charge in [0.15, 0.2) is 0 Å². The van der Waals surface area contributed by atoms with Crippen molar-refractivity contribution in [1.29, 1.82) is 0 Å². The third kappa shape index (κ3) is 12.8. The largest absolute Gasteiger partial charge is 0.497 e. The number of methoxy groups -OCH3 is 1. The van der Waals surface area contributed by atoms with Crippen molar-refractivity contribution in [1.82, 2.24) is 40.0 Å². The van der Waals surface area contributed by atoms with Gasteiger partial charge in [0.1, 0.15) is 31.7 Å². The number of aryl methyl sites for hydroxylation is 2. The van der Waals surface area contributed by atoms with Crippen LogP contribution in [0.25, 0.3) is 0 Å². The van der Waals surface area contributed by atoms with E-state index in [1.54, 1.807) is 7.11 Å². The number of aromatic amines is 2. The van der Waals surface area contributed by atoms with E-state index in [1.807, 2.05) is 84.9 Å². The van der Waals surface area contributed by atoms with E-state index in [4.69, 9.17) is 49.0 Å². The summed E-state index contributed by atoms with van der Waals surface area (Å²) in [4.78, 5) is 98.4. The zero-order valence-corrected chi connectivity index (χ0v) is 39.1. The van der Waals surface area contributed by atoms with E-state index in [0.29, 0.717) is 5.75 Å². The Balaban J connectivity index is 1.37. The summed E-state index contributed by atoms with van der Waals surface area (Å²) in [5, 5.41) is 19.1. The lowest BCUT2D eigenvalue weighted by atomic mass is 9.76. The summed E-state index contributed by atoms with van der Waals surface area (Å²) in [5.74, 6) is -1.77. The van der Waals surface area contributed by atoms with Gasteiger partial charge in [-0.3, -0.25) is 53.9 Å². The molecule has 20 nitrogen and oxygen atoms in total. The zero-order chi connectivity index (χ0) is 49.2. The highest BCUT2D eigenvalue weighted by atomic mass is 35.6. The van der Waals surface area contributed by atoms with Crippen LogP contribution in [0.4, 0.5) is 4.79 Å². The first-order valence-corrected chi connectivity index (χ1v) is 22.1. The van der Waals surface area contributed by atoms with Crippen molar-refractivity contribution < 1.29 is 33.7 Å². The van der Waals surface area contributed by atoms with Crippen LogP contribution < -0.4 is 43.2 Å². The minimum absolute atomic E-state index is 0.0464. The molecule has 0 unspecified atom stereocenters. The standard InChI is InChI=1S/C45H48Cl3N9O11/c1-27-22-56(41(63)52-38(27)61)24-35(58)55(25-37(59)60)19-18-49-40(54-43(65)67-26-44(46,47)48)51-33-20-36(57-23-28(2)39(62)53-42(57)64)68-34(33)21-50-45(29-10-6-4-7-11-29,30-12-8-5-9-13-30)31-14-16-32(66-3)17-15-31/h4-17,22-23,33-34,36,50H,18-21,24-26H2,1-3H3,(H,59,60)(H,52,61,63)(H,53,62,64)(H2,49,51,54,65)/t33-,34+,36+/m0/s1. The van der Waals surface area contributed by atoms with E-state index < -0.39 is 87.9 Å². The van der Waals surface area contributed by atoms with Crippen molar-refractivity contribution in [3.63, 3.8) is 0 Å². The van der Waals surface area contributed by atoms with Gasteiger partial charge in [0.25, 0.3) is 11.1 Å². The van der Waals surface area contributed by atoms with Gasteiger partial charge in [-0.15, -0.1) is 0 Å². The first kappa shape index (κ1) is 50.7. The number of alkyl halides is 3. The van der Waals surface area contributed by atoms with Crippen LogP contribution in [0.5, 0.6) is 5.75 Å². The number of carboxylic acids is 1. The molecule has 6 N–H and O–H groups in total. The Labute approximate surface area is 402 Å². The van der Waals surface area contributed by atoms with Crippen LogP contribution in [0.2, 0.25) is 0 Å². The Morgan fingerprint density at radius 3 is 2.04 bits per heavy atom. The number of hydrogen-bond donors (Lipinski definition) is 6. The van der Waals surface area contributed by atoms with Crippen LogP contribution in [0, 0.1) is 13.8 Å². The van der Waals surface area contributed by atoms with Crippen LogP contribution in [0.1, 0.15) is 40.5 Å². The normalized spacial score (nSPS) is 16.2. The van der Waals surface area contributed by atoms with Gasteiger partial charge < -0.3 is 29.5 Å². The molecule has 0 spiro atoms. The number of ether oxygens (including phenoxy) is 3. The van der Waals surface area contributed by atoms with Gasteiger partial charge in [0, 0.05) is 43.0 Å². The second kappa shape index (κ2) is 22.4. The first-order chi connectivity index (χ1) is 32.4. The summed E-state index contributed by atoms with van der Waals surface area (Å²) >= 11 is 17.5. The molecule has 0 saturated carbocycles. The molecule has 5 aromatic rings. The summed E-state index contributed by atoms with van der Waals surface area (Å²) in [6.45, 7) is 0.320. The van der Waals surface area contributed by atoms with Gasteiger partial charge in [-0.1, -0.05) is 108 Å². The second-order valence-corrected chi connectivity index (χ2v) is 18.2. The van der Waals surface area contributed by atoms with Crippen molar-refractivity contribution in [2.45, 2.75) is 54.5 Å². The van der Waals surface area contributed by atoms with E-state index in [0.717, 1.165) is 26.2 Å². The Hall–Kier alpha value is -6.71. The average molecular weight is 997 g/mol. The number of amides is 2. The highest BCUT2D eigenvalue weighted by Gasteiger charge is 2.42. The van der Waals surface area contributed by atoms with E-state index in [2.05, 4.69) is 30.9 Å². The van der Waals surface area contributed by atoms with Crippen molar-refractivity contribution >= 4 is 58.7 Å². The third-order valence-corrected chi connectivity index (χ3v) is 11.2. The fourth-order valence-electron chi connectivity index (χ4n) is 7.62. The maximum Gasteiger partial charge on any atom is 0.414 e. The minimum atomic E-state index is -1.98. The molecular weight excluding hydrogens is 949 g/mol. The molecular formula is C45H48Cl3N9O11. The summed E-state index contributed by atoms with van der Waals surface area (Å²) < 4.78 is 17.5. The monoisotopic (exact) mass is 995 g/mol. The Morgan fingerprint density at radius 2 is 1.46 bits per heavy atom. The molecule has 1 aliphatic heterocycles. The van der Waals surface area contributed by atoms with Gasteiger partial charge in [0.2, 0.25) is 15.7 Å². The minimum Gasteiger partial charge on any atom is -0.497 e. The maximum absolute atomic E-state index is 13.4. The summed E-state index contributed by atoms with van der Waals surface area (Å²) in [5.41, 5.74) is -0.891. The smallest absolute Gasteiger partial charge is 0.414 e. The number of nitrogens with one attached hydrogen (secondary N) is 5. The number of carbonyl (C=O) groups excluding carboxylic acids is 2. The lowest BCUT2D eigenvalue weighted by Crippen LogP contribution is -2.54. The molecule has 1 fully saturated rings. The molecule has 0 aliphatic carbocycles. The molecule has 68 heavy (non-hydrogen) atoms. The number of halogens is 3. The number of guanidine groups is 1. The van der Waals surface area contributed by atoms with Crippen LogP contribution in [0.3, 0.4) is 0 Å². The number of hydrogen-bond acceptors (Lipinski definition) is 12. The molecule has 3 atom stereocenters. The van der Waals surface area contributed by atoms with E-state index in [1.165, 1.54) is 30.8 Å². The fraction of sp³-hybridized carbons (Fsp3) is 0.333. The number of aliphatic imine (C=N–C) groups is 1. The van der Waals surface area contributed by atoms with E-state index in [9.17, 15) is 38.7 Å². The van der Waals surface area contributed by atoms with E-state index in [-0.39, 0.29) is 43.1 Å². The number of nitrogens with zero attached hydrogens (tertiary/aromatic N) is 4. The summed E-state index contributed by atoms with van der Waals surface area (Å²) in [6.07, 6.45) is -0.337. The molecule has 3 heterocycles.